The van der Waals surface area contributed by atoms with Gasteiger partial charge in [0.2, 0.25) is 0 Å². The first-order valence-electron chi connectivity index (χ1n) is 4.47. The van der Waals surface area contributed by atoms with Gasteiger partial charge in [-0.15, -0.1) is 0 Å². The maximum absolute atomic E-state index is 4.13. The van der Waals surface area contributed by atoms with Crippen LogP contribution in [0.3, 0.4) is 0 Å². The molecule has 0 aliphatic carbocycles. The fraction of sp³-hybridized carbons (Fsp3) is 0.182. The van der Waals surface area contributed by atoms with E-state index < -0.39 is 0 Å². The SMILES string of the molecule is CCn1cncc1-c1ccccc1. The fourth-order valence-electron chi connectivity index (χ4n) is 1.42. The Morgan fingerprint density at radius 3 is 2.69 bits per heavy atom. The lowest BCUT2D eigenvalue weighted by Gasteiger charge is -2.03. The van der Waals surface area contributed by atoms with Crippen LogP contribution in [0.4, 0.5) is 0 Å². The van der Waals surface area contributed by atoms with Crippen LogP contribution in [0.2, 0.25) is 0 Å². The molecule has 2 heteroatoms. The first kappa shape index (κ1) is 8.05. The average Bonchev–Trinajstić information content (AvgIpc) is 2.67. The predicted octanol–water partition coefficient (Wildman–Crippen LogP) is 2.57. The van der Waals surface area contributed by atoms with Crippen LogP contribution in [0.15, 0.2) is 42.9 Å². The zero-order valence-corrected chi connectivity index (χ0v) is 7.64. The Balaban J connectivity index is 2.47. The molecule has 2 rings (SSSR count). The second-order valence-electron chi connectivity index (χ2n) is 2.93. The summed E-state index contributed by atoms with van der Waals surface area (Å²) in [7, 11) is 0. The van der Waals surface area contributed by atoms with Crippen LogP contribution in [-0.4, -0.2) is 9.55 Å². The molecule has 1 aromatic carbocycles. The predicted molar refractivity (Wildman–Crippen MR) is 53.3 cm³/mol. The minimum absolute atomic E-state index is 0.963. The molecule has 0 amide bonds. The number of rotatable bonds is 2. The molecule has 0 saturated carbocycles. The smallest absolute Gasteiger partial charge is 0.0950 e. The van der Waals surface area contributed by atoms with E-state index in [1.807, 2.05) is 30.7 Å². The zero-order valence-electron chi connectivity index (χ0n) is 7.64. The van der Waals surface area contributed by atoms with Gasteiger partial charge < -0.3 is 4.57 Å². The van der Waals surface area contributed by atoms with E-state index in [9.17, 15) is 0 Å². The van der Waals surface area contributed by atoms with Gasteiger partial charge in [0, 0.05) is 6.54 Å². The first-order valence-corrected chi connectivity index (χ1v) is 4.47. The van der Waals surface area contributed by atoms with Crippen molar-refractivity contribution in [1.29, 1.82) is 0 Å². The summed E-state index contributed by atoms with van der Waals surface area (Å²) in [6.45, 7) is 3.08. The van der Waals surface area contributed by atoms with Crippen molar-refractivity contribution in [3.8, 4) is 11.3 Å². The van der Waals surface area contributed by atoms with E-state index in [2.05, 4.69) is 28.6 Å². The first-order chi connectivity index (χ1) is 6.42. The lowest BCUT2D eigenvalue weighted by molar-refractivity contribution is 0.769. The van der Waals surface area contributed by atoms with Crippen molar-refractivity contribution in [2.24, 2.45) is 0 Å². The van der Waals surface area contributed by atoms with E-state index in [0.29, 0.717) is 0 Å². The van der Waals surface area contributed by atoms with Gasteiger partial charge in [0.05, 0.1) is 18.2 Å². The van der Waals surface area contributed by atoms with E-state index in [1.165, 1.54) is 11.3 Å². The summed E-state index contributed by atoms with van der Waals surface area (Å²) in [6, 6.07) is 10.3. The van der Waals surface area contributed by atoms with Gasteiger partial charge in [-0.25, -0.2) is 4.98 Å². The van der Waals surface area contributed by atoms with Crippen molar-refractivity contribution in [1.82, 2.24) is 9.55 Å². The lowest BCUT2D eigenvalue weighted by atomic mass is 10.2. The highest BCUT2D eigenvalue weighted by Crippen LogP contribution is 2.17. The van der Waals surface area contributed by atoms with Crippen LogP contribution < -0.4 is 0 Å². The van der Waals surface area contributed by atoms with E-state index in [4.69, 9.17) is 0 Å². The Morgan fingerprint density at radius 2 is 2.00 bits per heavy atom. The highest BCUT2D eigenvalue weighted by Gasteiger charge is 2.01. The number of aromatic nitrogens is 2. The van der Waals surface area contributed by atoms with Crippen LogP contribution in [0.5, 0.6) is 0 Å². The van der Waals surface area contributed by atoms with E-state index in [-0.39, 0.29) is 0 Å². The molecule has 0 atom stereocenters. The quantitative estimate of drug-likeness (QED) is 0.680. The van der Waals surface area contributed by atoms with Crippen molar-refractivity contribution in [3.05, 3.63) is 42.9 Å². The minimum Gasteiger partial charge on any atom is -0.331 e. The second kappa shape index (κ2) is 3.44. The number of imidazole rings is 1. The van der Waals surface area contributed by atoms with E-state index in [0.717, 1.165) is 6.54 Å². The number of benzene rings is 1. The van der Waals surface area contributed by atoms with Gasteiger partial charge in [-0.05, 0) is 12.5 Å². The standard InChI is InChI=1S/C11H12N2/c1-2-13-9-12-8-11(13)10-6-4-3-5-7-10/h3-9H,2H2,1H3. The highest BCUT2D eigenvalue weighted by molar-refractivity contribution is 5.58. The molecule has 1 heterocycles. The molecule has 66 valence electrons. The summed E-state index contributed by atoms with van der Waals surface area (Å²) < 4.78 is 2.13. The van der Waals surface area contributed by atoms with Crippen LogP contribution in [0.25, 0.3) is 11.3 Å². The third kappa shape index (κ3) is 1.47. The van der Waals surface area contributed by atoms with Gasteiger partial charge >= 0.3 is 0 Å². The molecule has 0 fully saturated rings. The maximum atomic E-state index is 4.13. The lowest BCUT2D eigenvalue weighted by Crippen LogP contribution is -1.93. The third-order valence-electron chi connectivity index (χ3n) is 2.12. The van der Waals surface area contributed by atoms with E-state index in [1.54, 1.807) is 0 Å². The summed E-state index contributed by atoms with van der Waals surface area (Å²) in [5.74, 6) is 0. The molecular weight excluding hydrogens is 160 g/mol. The molecule has 0 aliphatic heterocycles. The molecule has 0 saturated heterocycles. The van der Waals surface area contributed by atoms with Crippen molar-refractivity contribution in [2.75, 3.05) is 0 Å². The van der Waals surface area contributed by atoms with Crippen molar-refractivity contribution in [2.45, 2.75) is 13.5 Å². The summed E-state index contributed by atoms with van der Waals surface area (Å²) in [4.78, 5) is 4.13. The summed E-state index contributed by atoms with van der Waals surface area (Å²) in [5.41, 5.74) is 2.41. The molecule has 0 bridgehead atoms. The van der Waals surface area contributed by atoms with Gasteiger partial charge in [-0.1, -0.05) is 30.3 Å². The summed E-state index contributed by atoms with van der Waals surface area (Å²) in [5, 5.41) is 0. The van der Waals surface area contributed by atoms with Crippen LogP contribution in [0.1, 0.15) is 6.92 Å². The number of hydrogen-bond donors (Lipinski definition) is 0. The molecule has 0 N–H and O–H groups in total. The van der Waals surface area contributed by atoms with Crippen molar-refractivity contribution >= 4 is 0 Å². The third-order valence-corrected chi connectivity index (χ3v) is 2.12. The van der Waals surface area contributed by atoms with Crippen LogP contribution >= 0.6 is 0 Å². The van der Waals surface area contributed by atoms with E-state index >= 15 is 0 Å². The molecule has 2 aromatic rings. The van der Waals surface area contributed by atoms with Gasteiger partial charge in [0.1, 0.15) is 0 Å². The zero-order chi connectivity index (χ0) is 9.10. The Labute approximate surface area is 77.9 Å². The molecule has 0 spiro atoms. The second-order valence-corrected chi connectivity index (χ2v) is 2.93. The molecule has 0 aliphatic rings. The topological polar surface area (TPSA) is 17.8 Å². The highest BCUT2D eigenvalue weighted by atomic mass is 15.0. The van der Waals surface area contributed by atoms with Gasteiger partial charge in [0.15, 0.2) is 0 Å². The van der Waals surface area contributed by atoms with Crippen molar-refractivity contribution in [3.63, 3.8) is 0 Å². The Bertz CT molecular complexity index is 376. The number of hydrogen-bond acceptors (Lipinski definition) is 1. The molecule has 2 nitrogen and oxygen atoms in total. The largest absolute Gasteiger partial charge is 0.331 e. The Hall–Kier alpha value is -1.57. The Morgan fingerprint density at radius 1 is 1.23 bits per heavy atom. The fourth-order valence-corrected chi connectivity index (χ4v) is 1.42. The van der Waals surface area contributed by atoms with Gasteiger partial charge in [0.25, 0.3) is 0 Å². The minimum atomic E-state index is 0.963. The van der Waals surface area contributed by atoms with Crippen molar-refractivity contribution < 1.29 is 0 Å². The average molecular weight is 172 g/mol. The number of nitrogens with zero attached hydrogens (tertiary/aromatic N) is 2. The summed E-state index contributed by atoms with van der Waals surface area (Å²) >= 11 is 0. The molecule has 0 radical (unpaired) electrons. The summed E-state index contributed by atoms with van der Waals surface area (Å²) in [6.07, 6.45) is 3.77. The monoisotopic (exact) mass is 172 g/mol. The van der Waals surface area contributed by atoms with Crippen LogP contribution in [-0.2, 0) is 6.54 Å². The molecule has 1 aromatic heterocycles. The van der Waals surface area contributed by atoms with Crippen LogP contribution in [0, 0.1) is 0 Å². The maximum Gasteiger partial charge on any atom is 0.0950 e. The molecular formula is C11H12N2. The Kier molecular flexibility index (Phi) is 2.13. The van der Waals surface area contributed by atoms with Gasteiger partial charge in [-0.2, -0.15) is 0 Å². The normalized spacial score (nSPS) is 10.2. The molecule has 13 heavy (non-hydrogen) atoms. The number of aryl methyl sites for hydroxylation is 1. The molecule has 0 unspecified atom stereocenters. The van der Waals surface area contributed by atoms with Gasteiger partial charge in [-0.3, -0.25) is 0 Å².